The number of alkyl halides is 2. The fourth-order valence-corrected chi connectivity index (χ4v) is 3.73. The van der Waals surface area contributed by atoms with Crippen LogP contribution in [-0.2, 0) is 20.1 Å². The molecule has 2 aliphatic rings. The van der Waals surface area contributed by atoms with E-state index in [2.05, 4.69) is 9.98 Å². The standard InChI is InChI=1S/C17H12Cl2N2O2S/c18-9-11-3-1-5-13(7-11)15-20-17-21-16(23-24(17)22-15)14-6-2-4-12(8-14)10-19/h1-8H,9-10H2. The highest BCUT2D eigenvalue weighted by atomic mass is 35.5. The maximum Gasteiger partial charge on any atom is 0.262 e. The summed E-state index contributed by atoms with van der Waals surface area (Å²) < 4.78 is 11.6. The summed E-state index contributed by atoms with van der Waals surface area (Å²) in [7, 11) is 0. The quantitative estimate of drug-likeness (QED) is 0.576. The Morgan fingerprint density at radius 3 is 1.71 bits per heavy atom. The van der Waals surface area contributed by atoms with Crippen molar-refractivity contribution in [3.8, 4) is 0 Å². The SMILES string of the molecule is ClCc1cccc(C2=NC3=S(O2)OC(c2cccc(CCl)c2)=N3)c1. The minimum atomic E-state index is -0.903. The Morgan fingerprint density at radius 1 is 0.792 bits per heavy atom. The van der Waals surface area contributed by atoms with Crippen LogP contribution in [0.15, 0.2) is 58.5 Å². The lowest BCUT2D eigenvalue weighted by molar-refractivity contribution is 0.539. The van der Waals surface area contributed by atoms with Crippen LogP contribution in [-0.4, -0.2) is 16.9 Å². The zero-order chi connectivity index (χ0) is 16.5. The summed E-state index contributed by atoms with van der Waals surface area (Å²) in [5.41, 5.74) is 3.75. The molecule has 0 radical (unpaired) electrons. The van der Waals surface area contributed by atoms with Crippen molar-refractivity contribution < 1.29 is 8.37 Å². The Kier molecular flexibility index (Phi) is 4.31. The van der Waals surface area contributed by atoms with Crippen LogP contribution in [0.3, 0.4) is 0 Å². The van der Waals surface area contributed by atoms with Crippen LogP contribution in [0.2, 0.25) is 0 Å². The molecule has 7 heteroatoms. The first-order valence-corrected chi connectivity index (χ1v) is 9.37. The molecule has 2 heterocycles. The predicted molar refractivity (Wildman–Crippen MR) is 99.8 cm³/mol. The fraction of sp³-hybridized carbons (Fsp3) is 0.118. The molecule has 2 aliphatic heterocycles. The second-order valence-electron chi connectivity index (χ2n) is 5.19. The molecule has 0 N–H and O–H groups in total. The molecule has 0 aromatic heterocycles. The average Bonchev–Trinajstić information content (AvgIpc) is 3.21. The number of nitrogens with zero attached hydrogens (tertiary/aromatic N) is 2. The van der Waals surface area contributed by atoms with Crippen LogP contribution in [0, 0.1) is 0 Å². The number of benzene rings is 2. The van der Waals surface area contributed by atoms with Crippen molar-refractivity contribution in [2.75, 3.05) is 0 Å². The van der Waals surface area contributed by atoms with Gasteiger partial charge in [0.05, 0.1) is 0 Å². The van der Waals surface area contributed by atoms with Gasteiger partial charge in [-0.3, -0.25) is 0 Å². The lowest BCUT2D eigenvalue weighted by Gasteiger charge is -2.08. The van der Waals surface area contributed by atoms with Gasteiger partial charge in [0, 0.05) is 22.9 Å². The lowest BCUT2D eigenvalue weighted by Crippen LogP contribution is -2.06. The van der Waals surface area contributed by atoms with Gasteiger partial charge >= 0.3 is 0 Å². The first kappa shape index (κ1) is 15.7. The summed E-state index contributed by atoms with van der Waals surface area (Å²) in [6, 6.07) is 15.5. The summed E-state index contributed by atoms with van der Waals surface area (Å²) in [6.45, 7) is 0. The topological polar surface area (TPSA) is 43.2 Å². The van der Waals surface area contributed by atoms with Gasteiger partial charge in [-0.1, -0.05) is 24.3 Å². The number of halogens is 2. The molecule has 0 spiro atoms. The molecule has 0 amide bonds. The van der Waals surface area contributed by atoms with E-state index in [9.17, 15) is 0 Å². The van der Waals surface area contributed by atoms with Gasteiger partial charge in [0.2, 0.25) is 22.8 Å². The Balaban J connectivity index is 1.59. The molecule has 24 heavy (non-hydrogen) atoms. The third kappa shape index (κ3) is 2.95. The third-order valence-corrected chi connectivity index (χ3v) is 5.23. The molecule has 0 aliphatic carbocycles. The predicted octanol–water partition coefficient (Wildman–Crippen LogP) is 4.60. The highest BCUT2D eigenvalue weighted by Crippen LogP contribution is 2.34. The van der Waals surface area contributed by atoms with Crippen molar-refractivity contribution in [2.45, 2.75) is 11.8 Å². The normalized spacial score (nSPS) is 16.3. The Hall–Kier alpha value is -1.82. The zero-order valence-electron chi connectivity index (χ0n) is 12.4. The fourth-order valence-electron chi connectivity index (χ4n) is 2.35. The van der Waals surface area contributed by atoms with Crippen molar-refractivity contribution in [3.05, 3.63) is 70.8 Å². The van der Waals surface area contributed by atoms with Gasteiger partial charge in [0.1, 0.15) is 0 Å². The van der Waals surface area contributed by atoms with Crippen molar-refractivity contribution in [1.82, 2.24) is 0 Å². The molecule has 2 aromatic rings. The van der Waals surface area contributed by atoms with Crippen LogP contribution < -0.4 is 0 Å². The number of hydrogen-bond acceptors (Lipinski definition) is 4. The molecular formula is C17H12Cl2N2O2S. The summed E-state index contributed by atoms with van der Waals surface area (Å²) in [5.74, 6) is 1.91. The average molecular weight is 379 g/mol. The molecule has 4 rings (SSSR count). The smallest absolute Gasteiger partial charge is 0.262 e. The van der Waals surface area contributed by atoms with Crippen LogP contribution >= 0.6 is 34.2 Å². The van der Waals surface area contributed by atoms with E-state index in [4.69, 9.17) is 31.6 Å². The highest BCUT2D eigenvalue weighted by Gasteiger charge is 2.29. The first-order valence-electron chi connectivity index (χ1n) is 7.22. The molecule has 0 bridgehead atoms. The molecule has 4 nitrogen and oxygen atoms in total. The molecule has 2 aromatic carbocycles. The van der Waals surface area contributed by atoms with Gasteiger partial charge in [-0.05, 0) is 35.4 Å². The van der Waals surface area contributed by atoms with E-state index >= 15 is 0 Å². The third-order valence-electron chi connectivity index (χ3n) is 3.51. The lowest BCUT2D eigenvalue weighted by atomic mass is 10.1. The van der Waals surface area contributed by atoms with Crippen molar-refractivity contribution in [2.24, 2.45) is 9.98 Å². The van der Waals surface area contributed by atoms with E-state index < -0.39 is 11.0 Å². The summed E-state index contributed by atoms with van der Waals surface area (Å²) in [5, 5.41) is 0.549. The second-order valence-corrected chi connectivity index (χ2v) is 6.89. The number of aliphatic imine (C=N–C) groups is 2. The zero-order valence-corrected chi connectivity index (χ0v) is 14.7. The minimum absolute atomic E-state index is 0.444. The molecule has 0 unspecified atom stereocenters. The molecule has 122 valence electrons. The maximum atomic E-state index is 5.87. The Labute approximate surface area is 152 Å². The molecule has 0 atom stereocenters. The van der Waals surface area contributed by atoms with Crippen LogP contribution in [0.4, 0.5) is 0 Å². The second kappa shape index (κ2) is 6.59. The highest BCUT2D eigenvalue weighted by molar-refractivity contribution is 8.08. The van der Waals surface area contributed by atoms with Gasteiger partial charge in [-0.2, -0.15) is 9.98 Å². The molecule has 0 saturated carbocycles. The van der Waals surface area contributed by atoms with Gasteiger partial charge in [-0.15, -0.1) is 23.2 Å². The van der Waals surface area contributed by atoms with Crippen molar-refractivity contribution in [3.63, 3.8) is 0 Å². The summed E-state index contributed by atoms with van der Waals surface area (Å²) in [6.07, 6.45) is 0. The largest absolute Gasteiger partial charge is 0.376 e. The van der Waals surface area contributed by atoms with Crippen LogP contribution in [0.25, 0.3) is 0 Å². The van der Waals surface area contributed by atoms with E-state index in [0.29, 0.717) is 28.7 Å². The van der Waals surface area contributed by atoms with E-state index in [0.717, 1.165) is 22.3 Å². The van der Waals surface area contributed by atoms with Gasteiger partial charge in [0.15, 0.2) is 0 Å². The van der Waals surface area contributed by atoms with E-state index in [-0.39, 0.29) is 0 Å². The van der Waals surface area contributed by atoms with E-state index in [1.807, 2.05) is 48.5 Å². The molecular weight excluding hydrogens is 367 g/mol. The molecule has 0 saturated heterocycles. The maximum absolute atomic E-state index is 5.87. The van der Waals surface area contributed by atoms with Gasteiger partial charge in [-0.25, -0.2) is 0 Å². The van der Waals surface area contributed by atoms with Crippen molar-refractivity contribution >= 4 is 51.2 Å². The van der Waals surface area contributed by atoms with Crippen LogP contribution in [0.1, 0.15) is 22.3 Å². The minimum Gasteiger partial charge on any atom is -0.376 e. The van der Waals surface area contributed by atoms with E-state index in [1.54, 1.807) is 0 Å². The summed E-state index contributed by atoms with van der Waals surface area (Å²) in [4.78, 5) is 8.91. The summed E-state index contributed by atoms with van der Waals surface area (Å²) >= 11 is 10.8. The first-order chi connectivity index (χ1) is 11.8. The van der Waals surface area contributed by atoms with Crippen molar-refractivity contribution in [1.29, 1.82) is 0 Å². The number of hydrogen-bond donors (Lipinski definition) is 0. The Morgan fingerprint density at radius 2 is 1.29 bits per heavy atom. The van der Waals surface area contributed by atoms with Gasteiger partial charge in [0.25, 0.3) is 5.11 Å². The van der Waals surface area contributed by atoms with E-state index in [1.165, 1.54) is 0 Å². The molecule has 0 fully saturated rings. The van der Waals surface area contributed by atoms with Gasteiger partial charge < -0.3 is 8.37 Å². The number of rotatable bonds is 4. The Bertz CT molecular complexity index is 837. The monoisotopic (exact) mass is 378 g/mol. The van der Waals surface area contributed by atoms with Crippen LogP contribution in [0.5, 0.6) is 0 Å².